The van der Waals surface area contributed by atoms with E-state index in [0.29, 0.717) is 0 Å². The number of aliphatic carboxylic acids is 1. The summed E-state index contributed by atoms with van der Waals surface area (Å²) in [6.45, 7) is 0. The molecule has 2 bridgehead atoms. The molecule has 5 atom stereocenters. The maximum Gasteiger partial charge on any atom is 0.303 e. The molecule has 0 saturated heterocycles. The second-order valence-electron chi connectivity index (χ2n) is 4.23. The van der Waals surface area contributed by atoms with E-state index in [2.05, 4.69) is 0 Å². The first-order valence-electron chi connectivity index (χ1n) is 4.67. The van der Waals surface area contributed by atoms with Crippen LogP contribution in [0.2, 0.25) is 0 Å². The van der Waals surface area contributed by atoms with Gasteiger partial charge in [0.15, 0.2) is 0 Å². The van der Waals surface area contributed by atoms with Gasteiger partial charge in [-0.25, -0.2) is 0 Å². The van der Waals surface area contributed by atoms with E-state index in [4.69, 9.17) is 5.11 Å². The fourth-order valence-corrected chi connectivity index (χ4v) is 2.89. The van der Waals surface area contributed by atoms with Crippen LogP contribution in [0, 0.1) is 17.8 Å². The van der Waals surface area contributed by atoms with E-state index in [0.717, 1.165) is 12.8 Å². The Balaban J connectivity index is 2.02. The fraction of sp³-hybridized carbons (Fsp3) is 0.889. The van der Waals surface area contributed by atoms with Crippen molar-refractivity contribution in [1.82, 2.24) is 0 Å². The summed E-state index contributed by atoms with van der Waals surface area (Å²) >= 11 is 0. The van der Waals surface area contributed by atoms with Crippen molar-refractivity contribution in [3.8, 4) is 0 Å². The predicted molar refractivity (Wildman–Crippen MR) is 44.0 cm³/mol. The van der Waals surface area contributed by atoms with Crippen LogP contribution in [0.15, 0.2) is 0 Å². The lowest BCUT2D eigenvalue weighted by Crippen LogP contribution is -2.37. The Morgan fingerprint density at radius 3 is 2.38 bits per heavy atom. The van der Waals surface area contributed by atoms with Gasteiger partial charge in [-0.2, -0.15) is 0 Å². The van der Waals surface area contributed by atoms with E-state index in [1.165, 1.54) is 0 Å². The summed E-state index contributed by atoms with van der Waals surface area (Å²) < 4.78 is 0. The third-order valence-corrected chi connectivity index (χ3v) is 3.49. The molecule has 0 aromatic heterocycles. The number of fused-ring (bicyclic) bond motifs is 2. The second kappa shape index (κ2) is 2.96. The molecular formula is C9H14O4. The van der Waals surface area contributed by atoms with E-state index in [1.54, 1.807) is 0 Å². The topological polar surface area (TPSA) is 77.8 Å². The fourth-order valence-electron chi connectivity index (χ4n) is 2.89. The van der Waals surface area contributed by atoms with Crippen molar-refractivity contribution in [3.05, 3.63) is 0 Å². The maximum atomic E-state index is 10.5. The van der Waals surface area contributed by atoms with Crippen molar-refractivity contribution in [3.63, 3.8) is 0 Å². The Morgan fingerprint density at radius 1 is 1.23 bits per heavy atom. The molecule has 0 heterocycles. The summed E-state index contributed by atoms with van der Waals surface area (Å²) in [6, 6.07) is 0. The minimum absolute atomic E-state index is 0.0103. The Kier molecular flexibility index (Phi) is 2.04. The molecule has 0 radical (unpaired) electrons. The molecule has 4 heteroatoms. The van der Waals surface area contributed by atoms with Gasteiger partial charge in [0.1, 0.15) is 0 Å². The maximum absolute atomic E-state index is 10.5. The van der Waals surface area contributed by atoms with Gasteiger partial charge in [0.05, 0.1) is 12.2 Å². The largest absolute Gasteiger partial charge is 0.481 e. The van der Waals surface area contributed by atoms with Gasteiger partial charge in [0.2, 0.25) is 0 Å². The van der Waals surface area contributed by atoms with Crippen molar-refractivity contribution < 1.29 is 20.1 Å². The van der Waals surface area contributed by atoms with Crippen LogP contribution in [-0.2, 0) is 4.79 Å². The highest BCUT2D eigenvalue weighted by Crippen LogP contribution is 2.49. The van der Waals surface area contributed by atoms with E-state index < -0.39 is 18.2 Å². The number of aliphatic hydroxyl groups is 2. The normalized spacial score (nSPS) is 48.3. The van der Waals surface area contributed by atoms with Crippen LogP contribution in [0.1, 0.15) is 19.3 Å². The van der Waals surface area contributed by atoms with E-state index in [9.17, 15) is 15.0 Å². The number of carbonyl (C=O) groups is 1. The highest BCUT2D eigenvalue weighted by molar-refractivity contribution is 5.67. The Morgan fingerprint density at radius 2 is 1.92 bits per heavy atom. The molecule has 13 heavy (non-hydrogen) atoms. The first-order chi connectivity index (χ1) is 6.09. The number of hydrogen-bond acceptors (Lipinski definition) is 3. The number of carboxylic acids is 1. The molecule has 2 saturated carbocycles. The smallest absolute Gasteiger partial charge is 0.303 e. The number of carboxylic acid groups (broad SMARTS) is 1. The molecule has 2 fully saturated rings. The number of rotatable bonds is 2. The molecular weight excluding hydrogens is 172 g/mol. The molecule has 2 rings (SSSR count). The second-order valence-corrected chi connectivity index (χ2v) is 4.23. The predicted octanol–water partition coefficient (Wildman–Crippen LogP) is -0.161. The molecule has 2 aliphatic carbocycles. The lowest BCUT2D eigenvalue weighted by molar-refractivity contribution is -0.139. The molecule has 74 valence electrons. The molecule has 0 aliphatic heterocycles. The van der Waals surface area contributed by atoms with Gasteiger partial charge in [-0.05, 0) is 30.6 Å². The minimum Gasteiger partial charge on any atom is -0.481 e. The third-order valence-electron chi connectivity index (χ3n) is 3.49. The number of aliphatic hydroxyl groups excluding tert-OH is 2. The Labute approximate surface area is 76.2 Å². The van der Waals surface area contributed by atoms with E-state index in [-0.39, 0.29) is 24.2 Å². The van der Waals surface area contributed by atoms with Crippen LogP contribution in [0.4, 0.5) is 0 Å². The van der Waals surface area contributed by atoms with Crippen molar-refractivity contribution in [1.29, 1.82) is 0 Å². The number of hydrogen-bond donors (Lipinski definition) is 3. The highest BCUT2D eigenvalue weighted by Gasteiger charge is 2.51. The zero-order valence-electron chi connectivity index (χ0n) is 7.26. The molecule has 4 nitrogen and oxygen atoms in total. The Bertz CT molecular complexity index is 226. The monoisotopic (exact) mass is 186 g/mol. The first kappa shape index (κ1) is 8.97. The van der Waals surface area contributed by atoms with Gasteiger partial charge in [0, 0.05) is 6.42 Å². The molecule has 3 N–H and O–H groups in total. The summed E-state index contributed by atoms with van der Waals surface area (Å²) in [5, 5.41) is 27.6. The SMILES string of the molecule is O=C(O)C[C@@H]1C[C@@H]2C[C@H]1C(O)C2O. The van der Waals surface area contributed by atoms with Gasteiger partial charge >= 0.3 is 5.97 Å². The molecule has 0 amide bonds. The first-order valence-corrected chi connectivity index (χ1v) is 4.67. The summed E-state index contributed by atoms with van der Waals surface area (Å²) in [6.07, 6.45) is 0.374. The third kappa shape index (κ3) is 1.34. The molecule has 2 unspecified atom stereocenters. The van der Waals surface area contributed by atoms with Gasteiger partial charge in [-0.3, -0.25) is 4.79 Å². The van der Waals surface area contributed by atoms with Crippen molar-refractivity contribution >= 4 is 5.97 Å². The summed E-state index contributed by atoms with van der Waals surface area (Å²) in [4.78, 5) is 10.5. The standard InChI is InChI=1S/C9H14O4/c10-7(11)3-4-1-5-2-6(4)9(13)8(5)12/h4-6,8-9,12-13H,1-3H2,(H,10,11)/t4-,5+,6+,8?,9?/m0/s1. The van der Waals surface area contributed by atoms with E-state index >= 15 is 0 Å². The lowest BCUT2D eigenvalue weighted by Gasteiger charge is -2.28. The highest BCUT2D eigenvalue weighted by atomic mass is 16.4. The molecule has 0 aromatic carbocycles. The average Bonchev–Trinajstić information content (AvgIpc) is 2.53. The van der Waals surface area contributed by atoms with Crippen LogP contribution in [0.25, 0.3) is 0 Å². The van der Waals surface area contributed by atoms with Crippen LogP contribution in [0.3, 0.4) is 0 Å². The zero-order valence-corrected chi connectivity index (χ0v) is 7.26. The summed E-state index contributed by atoms with van der Waals surface area (Å²) in [5.41, 5.74) is 0. The van der Waals surface area contributed by atoms with Crippen LogP contribution in [0.5, 0.6) is 0 Å². The quantitative estimate of drug-likeness (QED) is 0.560. The minimum atomic E-state index is -0.806. The molecule has 2 aliphatic rings. The van der Waals surface area contributed by atoms with Crippen LogP contribution >= 0.6 is 0 Å². The Hall–Kier alpha value is -0.610. The van der Waals surface area contributed by atoms with Crippen molar-refractivity contribution in [2.45, 2.75) is 31.5 Å². The van der Waals surface area contributed by atoms with Crippen molar-refractivity contribution in [2.24, 2.45) is 17.8 Å². The van der Waals surface area contributed by atoms with Gasteiger partial charge < -0.3 is 15.3 Å². The van der Waals surface area contributed by atoms with Crippen LogP contribution < -0.4 is 0 Å². The summed E-state index contributed by atoms with van der Waals surface area (Å²) in [5.74, 6) is -0.597. The lowest BCUT2D eigenvalue weighted by atomic mass is 9.83. The summed E-state index contributed by atoms with van der Waals surface area (Å²) in [7, 11) is 0. The van der Waals surface area contributed by atoms with Gasteiger partial charge in [0.25, 0.3) is 0 Å². The molecule has 0 aromatic rings. The zero-order chi connectivity index (χ0) is 9.59. The van der Waals surface area contributed by atoms with E-state index in [1.807, 2.05) is 0 Å². The van der Waals surface area contributed by atoms with Crippen molar-refractivity contribution in [2.75, 3.05) is 0 Å². The van der Waals surface area contributed by atoms with Crippen LogP contribution in [-0.4, -0.2) is 33.5 Å². The molecule has 0 spiro atoms. The van der Waals surface area contributed by atoms with Gasteiger partial charge in [-0.15, -0.1) is 0 Å². The van der Waals surface area contributed by atoms with Gasteiger partial charge in [-0.1, -0.05) is 0 Å². The average molecular weight is 186 g/mol.